The maximum absolute atomic E-state index is 10.8. The van der Waals surface area contributed by atoms with Gasteiger partial charge in [0.05, 0.1) is 15.9 Å². The zero-order chi connectivity index (χ0) is 15.5. The number of nitro groups is 2. The molecule has 0 bridgehead atoms. The summed E-state index contributed by atoms with van der Waals surface area (Å²) in [7, 11) is -3.55. The van der Waals surface area contributed by atoms with Gasteiger partial charge in [0.1, 0.15) is 11.1 Å². The molecule has 0 radical (unpaired) electrons. The van der Waals surface area contributed by atoms with Crippen LogP contribution in [0.2, 0.25) is 0 Å². The number of hydrogen-bond acceptors (Lipinski definition) is 8. The van der Waals surface area contributed by atoms with Gasteiger partial charge in [0.25, 0.3) is 5.69 Å². The van der Waals surface area contributed by atoms with Crippen molar-refractivity contribution in [2.24, 2.45) is 5.10 Å². The number of hydrogen-bond donors (Lipinski definition) is 3. The van der Waals surface area contributed by atoms with E-state index in [1.165, 1.54) is 6.92 Å². The first kappa shape index (κ1) is 15.8. The van der Waals surface area contributed by atoms with Crippen LogP contribution in [-0.2, 0) is 0 Å². The Bertz CT molecular complexity index is 637. The summed E-state index contributed by atoms with van der Waals surface area (Å²) in [6, 6.07) is 2.94. The third-order valence-corrected chi connectivity index (χ3v) is 3.38. The van der Waals surface area contributed by atoms with Crippen LogP contribution in [0.3, 0.4) is 0 Å². The minimum Gasteiger partial charge on any atom is -0.349 e. The van der Waals surface area contributed by atoms with E-state index in [9.17, 15) is 30.0 Å². The summed E-state index contributed by atoms with van der Waals surface area (Å²) in [5.74, 6) is 0. The highest BCUT2D eigenvalue weighted by atomic mass is 31.2. The van der Waals surface area contributed by atoms with Crippen LogP contribution in [0.15, 0.2) is 23.3 Å². The third kappa shape index (κ3) is 3.85. The molecule has 0 heterocycles. The van der Waals surface area contributed by atoms with Crippen molar-refractivity contribution in [3.63, 3.8) is 0 Å². The second-order valence-corrected chi connectivity index (χ2v) is 5.82. The molecule has 0 aromatic heterocycles. The Balaban J connectivity index is 3.17. The highest BCUT2D eigenvalue weighted by Crippen LogP contribution is 2.36. The number of nitrogens with one attached hydrogen (secondary N) is 1. The van der Waals surface area contributed by atoms with Gasteiger partial charge in [-0.3, -0.25) is 25.7 Å². The van der Waals surface area contributed by atoms with Crippen molar-refractivity contribution in [3.05, 3.63) is 38.4 Å². The van der Waals surface area contributed by atoms with Crippen molar-refractivity contribution in [3.8, 4) is 0 Å². The molecule has 3 N–H and O–H groups in total. The maximum atomic E-state index is 10.8. The Kier molecular flexibility index (Phi) is 4.56. The average molecular weight is 302 g/mol. The number of benzene rings is 1. The summed E-state index contributed by atoms with van der Waals surface area (Å²) in [5, 5.41) is 24.9. The zero-order valence-electron chi connectivity index (χ0n) is 10.3. The predicted octanol–water partition coefficient (Wildman–Crippen LogP) is 1.51. The minimum atomic E-state index is -3.55. The fourth-order valence-electron chi connectivity index (χ4n) is 1.10. The van der Waals surface area contributed by atoms with Crippen LogP contribution in [0.4, 0.5) is 17.1 Å². The number of nitrogens with zero attached hydrogens (tertiary/aromatic N) is 3. The van der Waals surface area contributed by atoms with Crippen molar-refractivity contribution >= 4 is 36.2 Å². The van der Waals surface area contributed by atoms with E-state index in [4.69, 9.17) is 0 Å². The summed E-state index contributed by atoms with van der Waals surface area (Å²) in [4.78, 5) is 38.2. The highest BCUT2D eigenvalue weighted by molar-refractivity contribution is 7.79. The highest BCUT2D eigenvalue weighted by Gasteiger charge is 2.19. The van der Waals surface area contributed by atoms with Crippen molar-refractivity contribution < 1.29 is 19.6 Å². The normalized spacial score (nSPS) is 12.1. The molecule has 0 fully saturated rings. The van der Waals surface area contributed by atoms with E-state index in [1.807, 2.05) is 0 Å². The van der Waals surface area contributed by atoms with Crippen LogP contribution < -0.4 is 5.43 Å². The molecule has 1 aromatic carbocycles. The average Bonchev–Trinajstić information content (AvgIpc) is 2.34. The van der Waals surface area contributed by atoms with E-state index >= 15 is 0 Å². The molecule has 10 nitrogen and oxygen atoms in total. The number of hydrazone groups is 1. The largest absolute Gasteiger partial charge is 0.349 e. The van der Waals surface area contributed by atoms with Crippen LogP contribution in [0.1, 0.15) is 6.92 Å². The Hall–Kier alpha value is -2.29. The summed E-state index contributed by atoms with van der Waals surface area (Å²) in [5.41, 5.74) is 1.01. The van der Waals surface area contributed by atoms with Gasteiger partial charge in [0.2, 0.25) is 0 Å². The van der Waals surface area contributed by atoms with Crippen molar-refractivity contribution in [2.75, 3.05) is 5.43 Å². The molecule has 0 amide bonds. The molecule has 0 aliphatic rings. The molecule has 0 spiro atoms. The molecular weight excluding hydrogens is 291 g/mol. The number of rotatable bonds is 5. The maximum Gasteiger partial charge on any atom is 0.301 e. The van der Waals surface area contributed by atoms with Gasteiger partial charge >= 0.3 is 5.69 Å². The van der Waals surface area contributed by atoms with Crippen LogP contribution in [0, 0.1) is 20.2 Å². The third-order valence-electron chi connectivity index (χ3n) is 2.25. The first-order chi connectivity index (χ1) is 9.12. The quantitative estimate of drug-likeness (QED) is 0.322. The van der Waals surface area contributed by atoms with Crippen LogP contribution >= 0.6 is 7.34 Å². The monoisotopic (exact) mass is 302 g/mol. The van der Waals surface area contributed by atoms with Crippen LogP contribution in [-0.4, -0.2) is 31.4 Å². The second kappa shape index (κ2) is 5.78. The number of non-ortho nitro benzene ring substituents is 1. The Labute approximate surface area is 112 Å². The van der Waals surface area contributed by atoms with Gasteiger partial charge in [0.15, 0.2) is 7.34 Å². The van der Waals surface area contributed by atoms with Gasteiger partial charge in [-0.15, -0.1) is 0 Å². The Morgan fingerprint density at radius 3 is 2.40 bits per heavy atom. The molecule has 1 rings (SSSR count). The summed E-state index contributed by atoms with van der Waals surface area (Å²) < 4.78 is 0. The topological polar surface area (TPSA) is 151 Å². The summed E-state index contributed by atoms with van der Waals surface area (Å²) in [6.07, 6.45) is 3.11. The molecule has 0 unspecified atom stereocenters. The first-order valence-electron chi connectivity index (χ1n) is 5.05. The molecule has 0 aliphatic carbocycles. The molecule has 108 valence electrons. The summed E-state index contributed by atoms with van der Waals surface area (Å²) in [6.45, 7) is 1.28. The van der Waals surface area contributed by atoms with Gasteiger partial charge in [0, 0.05) is 6.07 Å². The number of anilines is 1. The fraction of sp³-hybridized carbons (Fsp3) is 0.111. The Morgan fingerprint density at radius 1 is 1.35 bits per heavy atom. The minimum absolute atomic E-state index is 0.117. The lowest BCUT2D eigenvalue weighted by molar-refractivity contribution is -0.393. The lowest BCUT2D eigenvalue weighted by Gasteiger charge is -2.09. The van der Waals surface area contributed by atoms with E-state index in [0.29, 0.717) is 0 Å². The molecule has 0 saturated carbocycles. The van der Waals surface area contributed by atoms with E-state index < -0.39 is 28.6 Å². The fourth-order valence-corrected chi connectivity index (χ4v) is 1.31. The van der Waals surface area contributed by atoms with Gasteiger partial charge in [-0.05, 0) is 19.3 Å². The summed E-state index contributed by atoms with van der Waals surface area (Å²) >= 11 is 0. The number of nitro benzene ring substituents is 2. The lowest BCUT2D eigenvalue weighted by Crippen LogP contribution is -2.02. The SMILES string of the molecule is C=P(O)(O)C(C)=NNc1ccc([N+](=O)[O-])cc1[N+](=O)[O-]. The molecular formula is C9H11N4O6P. The van der Waals surface area contributed by atoms with E-state index in [0.717, 1.165) is 18.2 Å². The van der Waals surface area contributed by atoms with Gasteiger partial charge < -0.3 is 9.79 Å². The zero-order valence-corrected chi connectivity index (χ0v) is 11.1. The molecule has 11 heteroatoms. The van der Waals surface area contributed by atoms with Crippen molar-refractivity contribution in [1.82, 2.24) is 0 Å². The van der Waals surface area contributed by atoms with E-state index in [1.54, 1.807) is 0 Å². The van der Waals surface area contributed by atoms with Crippen molar-refractivity contribution in [1.29, 1.82) is 0 Å². The first-order valence-corrected chi connectivity index (χ1v) is 6.93. The molecule has 1 aromatic rings. The van der Waals surface area contributed by atoms with E-state index in [2.05, 4.69) is 16.8 Å². The predicted molar refractivity (Wildman–Crippen MR) is 75.0 cm³/mol. The molecule has 0 saturated heterocycles. The van der Waals surface area contributed by atoms with Crippen LogP contribution in [0.25, 0.3) is 0 Å². The lowest BCUT2D eigenvalue weighted by atomic mass is 10.2. The van der Waals surface area contributed by atoms with Crippen LogP contribution in [0.5, 0.6) is 0 Å². The standard InChI is InChI=1S/C9H11N4O6P/c1-6(20(2,18)19)10-11-8-4-3-7(12(14)15)5-9(8)13(16)17/h3-5,11,18-19H,2H2,1H3. The van der Waals surface area contributed by atoms with E-state index in [-0.39, 0.29) is 11.1 Å². The second-order valence-electron chi connectivity index (χ2n) is 3.72. The van der Waals surface area contributed by atoms with Gasteiger partial charge in [-0.1, -0.05) is 0 Å². The van der Waals surface area contributed by atoms with Crippen molar-refractivity contribution in [2.45, 2.75) is 6.92 Å². The molecule has 0 atom stereocenters. The molecule has 0 aliphatic heterocycles. The Morgan fingerprint density at radius 2 is 1.95 bits per heavy atom. The van der Waals surface area contributed by atoms with Gasteiger partial charge in [-0.2, -0.15) is 5.10 Å². The van der Waals surface area contributed by atoms with Gasteiger partial charge in [-0.25, -0.2) is 0 Å². The molecule has 20 heavy (non-hydrogen) atoms. The smallest absolute Gasteiger partial charge is 0.301 e.